The van der Waals surface area contributed by atoms with Crippen LogP contribution in [-0.2, 0) is 9.53 Å². The number of carbonyl (C=O) groups excluding carboxylic acids is 1. The van der Waals surface area contributed by atoms with Gasteiger partial charge in [-0.15, -0.1) is 0 Å². The van der Waals surface area contributed by atoms with Gasteiger partial charge in [0.25, 0.3) is 0 Å². The lowest BCUT2D eigenvalue weighted by Crippen LogP contribution is -2.39. The Kier molecular flexibility index (Phi) is 4.74. The van der Waals surface area contributed by atoms with Crippen molar-refractivity contribution in [3.63, 3.8) is 0 Å². The van der Waals surface area contributed by atoms with E-state index in [-0.39, 0.29) is 23.4 Å². The summed E-state index contributed by atoms with van der Waals surface area (Å²) in [6.45, 7) is 0.856. The van der Waals surface area contributed by atoms with Gasteiger partial charge in [-0.05, 0) is 41.2 Å². The molecule has 0 aromatic heterocycles. The molecule has 1 aliphatic heterocycles. The summed E-state index contributed by atoms with van der Waals surface area (Å²) in [5.74, 6) is -1.51. The Morgan fingerprint density at radius 1 is 1.40 bits per heavy atom. The standard InChI is InChI=1S/C13H15BrN2O4/c1-15-11-6-20-5-9(11)12(17)16-7-2-3-10(14)8(4-7)13(18)19/h2-4,9,11,15H,5-6H2,1H3,(H,16,17)(H,18,19). The van der Waals surface area contributed by atoms with Crippen molar-refractivity contribution in [3.05, 3.63) is 28.2 Å². The molecular weight excluding hydrogens is 328 g/mol. The number of benzene rings is 1. The number of anilines is 1. The number of ether oxygens (including phenoxy) is 1. The third kappa shape index (κ3) is 3.17. The van der Waals surface area contributed by atoms with Crippen LogP contribution in [0.1, 0.15) is 10.4 Å². The molecule has 2 atom stereocenters. The van der Waals surface area contributed by atoms with Gasteiger partial charge in [0.2, 0.25) is 5.91 Å². The first-order chi connectivity index (χ1) is 9.52. The second kappa shape index (κ2) is 6.34. The normalized spacial score (nSPS) is 21.7. The fourth-order valence-corrected chi connectivity index (χ4v) is 2.52. The largest absolute Gasteiger partial charge is 0.478 e. The molecule has 0 radical (unpaired) electrons. The predicted octanol–water partition coefficient (Wildman–Crippen LogP) is 1.32. The minimum atomic E-state index is -1.05. The maximum atomic E-state index is 12.2. The molecule has 0 bridgehead atoms. The SMILES string of the molecule is CNC1COCC1C(=O)Nc1ccc(Br)c(C(=O)O)c1. The van der Waals surface area contributed by atoms with Crippen LogP contribution in [0.4, 0.5) is 5.69 Å². The first kappa shape index (κ1) is 15.0. The Bertz CT molecular complexity index is 535. The number of likely N-dealkylation sites (N-methyl/N-ethyl adjacent to an activating group) is 1. The smallest absolute Gasteiger partial charge is 0.336 e. The van der Waals surface area contributed by atoms with Crippen LogP contribution in [-0.4, -0.2) is 43.3 Å². The maximum Gasteiger partial charge on any atom is 0.336 e. The predicted molar refractivity (Wildman–Crippen MR) is 76.9 cm³/mol. The summed E-state index contributed by atoms with van der Waals surface area (Å²) >= 11 is 3.16. The average Bonchev–Trinajstić information content (AvgIpc) is 2.89. The van der Waals surface area contributed by atoms with Crippen LogP contribution in [0, 0.1) is 5.92 Å². The molecule has 0 aliphatic carbocycles. The molecule has 0 saturated carbocycles. The summed E-state index contributed by atoms with van der Waals surface area (Å²) in [6.07, 6.45) is 0. The molecule has 3 N–H and O–H groups in total. The van der Waals surface area contributed by atoms with E-state index in [9.17, 15) is 9.59 Å². The molecule has 6 nitrogen and oxygen atoms in total. The summed E-state index contributed by atoms with van der Waals surface area (Å²) in [5, 5.41) is 14.8. The van der Waals surface area contributed by atoms with Crippen LogP contribution in [0.3, 0.4) is 0 Å². The summed E-state index contributed by atoms with van der Waals surface area (Å²) < 4.78 is 5.75. The van der Waals surface area contributed by atoms with Crippen molar-refractivity contribution in [2.24, 2.45) is 5.92 Å². The number of hydrogen-bond donors (Lipinski definition) is 3. The monoisotopic (exact) mass is 342 g/mol. The number of carboxylic acids is 1. The first-order valence-corrected chi connectivity index (χ1v) is 6.91. The van der Waals surface area contributed by atoms with Gasteiger partial charge in [-0.1, -0.05) is 0 Å². The Balaban J connectivity index is 2.12. The van der Waals surface area contributed by atoms with Crippen molar-refractivity contribution >= 4 is 33.5 Å². The van der Waals surface area contributed by atoms with Gasteiger partial charge in [-0.3, -0.25) is 4.79 Å². The number of nitrogens with one attached hydrogen (secondary N) is 2. The van der Waals surface area contributed by atoms with Crippen molar-refractivity contribution in [2.45, 2.75) is 6.04 Å². The number of amides is 1. The van der Waals surface area contributed by atoms with Crippen LogP contribution in [0.15, 0.2) is 22.7 Å². The van der Waals surface area contributed by atoms with Crippen LogP contribution >= 0.6 is 15.9 Å². The van der Waals surface area contributed by atoms with E-state index in [0.717, 1.165) is 0 Å². The van der Waals surface area contributed by atoms with E-state index >= 15 is 0 Å². The second-order valence-electron chi connectivity index (χ2n) is 4.53. The van der Waals surface area contributed by atoms with Crippen LogP contribution in [0.5, 0.6) is 0 Å². The molecule has 1 aromatic carbocycles. The fourth-order valence-electron chi connectivity index (χ4n) is 2.10. The Morgan fingerprint density at radius 2 is 2.15 bits per heavy atom. The molecule has 1 aromatic rings. The van der Waals surface area contributed by atoms with Crippen molar-refractivity contribution in [3.8, 4) is 0 Å². The molecule has 1 saturated heterocycles. The maximum absolute atomic E-state index is 12.2. The molecule has 2 rings (SSSR count). The summed E-state index contributed by atoms with van der Waals surface area (Å²) in [7, 11) is 1.78. The van der Waals surface area contributed by atoms with Gasteiger partial charge < -0.3 is 20.5 Å². The second-order valence-corrected chi connectivity index (χ2v) is 5.38. The summed E-state index contributed by atoms with van der Waals surface area (Å²) in [6, 6.07) is 4.65. The third-order valence-corrected chi connectivity index (χ3v) is 3.94. The molecular formula is C13H15BrN2O4. The van der Waals surface area contributed by atoms with Crippen LogP contribution < -0.4 is 10.6 Å². The lowest BCUT2D eigenvalue weighted by atomic mass is 10.0. The number of rotatable bonds is 4. The van der Waals surface area contributed by atoms with E-state index in [1.807, 2.05) is 0 Å². The van der Waals surface area contributed by atoms with Gasteiger partial charge in [0.15, 0.2) is 0 Å². The number of aromatic carboxylic acids is 1. The topological polar surface area (TPSA) is 87.7 Å². The molecule has 1 aliphatic rings. The number of carbonyl (C=O) groups is 2. The van der Waals surface area contributed by atoms with E-state index in [1.54, 1.807) is 19.2 Å². The Hall–Kier alpha value is -1.44. The molecule has 1 fully saturated rings. The average molecular weight is 343 g/mol. The zero-order valence-electron chi connectivity index (χ0n) is 10.9. The highest BCUT2D eigenvalue weighted by Crippen LogP contribution is 2.22. The summed E-state index contributed by atoms with van der Waals surface area (Å²) in [4.78, 5) is 23.2. The molecule has 2 unspecified atom stereocenters. The van der Waals surface area contributed by atoms with Gasteiger partial charge in [-0.25, -0.2) is 4.79 Å². The molecule has 20 heavy (non-hydrogen) atoms. The molecule has 108 valence electrons. The quantitative estimate of drug-likeness (QED) is 0.768. The number of hydrogen-bond acceptors (Lipinski definition) is 4. The molecule has 7 heteroatoms. The lowest BCUT2D eigenvalue weighted by molar-refractivity contribution is -0.120. The van der Waals surface area contributed by atoms with Gasteiger partial charge in [0, 0.05) is 16.2 Å². The summed E-state index contributed by atoms with van der Waals surface area (Å²) in [5.41, 5.74) is 0.563. The minimum Gasteiger partial charge on any atom is -0.478 e. The van der Waals surface area contributed by atoms with Crippen molar-refractivity contribution < 1.29 is 19.4 Å². The Labute approximate surface area is 124 Å². The third-order valence-electron chi connectivity index (χ3n) is 3.25. The van der Waals surface area contributed by atoms with Crippen molar-refractivity contribution in [1.29, 1.82) is 0 Å². The van der Waals surface area contributed by atoms with Gasteiger partial charge >= 0.3 is 5.97 Å². The van der Waals surface area contributed by atoms with Crippen LogP contribution in [0.2, 0.25) is 0 Å². The Morgan fingerprint density at radius 3 is 2.80 bits per heavy atom. The van der Waals surface area contributed by atoms with Crippen molar-refractivity contribution in [2.75, 3.05) is 25.6 Å². The lowest BCUT2D eigenvalue weighted by Gasteiger charge is -2.16. The van der Waals surface area contributed by atoms with E-state index in [0.29, 0.717) is 23.4 Å². The molecule has 0 spiro atoms. The van der Waals surface area contributed by atoms with E-state index < -0.39 is 5.97 Å². The highest BCUT2D eigenvalue weighted by Gasteiger charge is 2.33. The van der Waals surface area contributed by atoms with Crippen molar-refractivity contribution in [1.82, 2.24) is 5.32 Å². The minimum absolute atomic E-state index is 0.0237. The van der Waals surface area contributed by atoms with E-state index in [4.69, 9.17) is 9.84 Å². The van der Waals surface area contributed by atoms with Crippen LogP contribution in [0.25, 0.3) is 0 Å². The van der Waals surface area contributed by atoms with E-state index in [2.05, 4.69) is 26.6 Å². The van der Waals surface area contributed by atoms with Gasteiger partial charge in [-0.2, -0.15) is 0 Å². The van der Waals surface area contributed by atoms with E-state index in [1.165, 1.54) is 6.07 Å². The van der Waals surface area contributed by atoms with Gasteiger partial charge in [0.1, 0.15) is 0 Å². The highest BCUT2D eigenvalue weighted by molar-refractivity contribution is 9.10. The fraction of sp³-hybridized carbons (Fsp3) is 0.385. The first-order valence-electron chi connectivity index (χ1n) is 6.11. The zero-order valence-corrected chi connectivity index (χ0v) is 12.4. The zero-order chi connectivity index (χ0) is 14.7. The highest BCUT2D eigenvalue weighted by atomic mass is 79.9. The molecule has 1 heterocycles. The van der Waals surface area contributed by atoms with Gasteiger partial charge in [0.05, 0.1) is 24.7 Å². The number of halogens is 1. The number of carboxylic acid groups (broad SMARTS) is 1. The molecule has 1 amide bonds.